The Kier molecular flexibility index (Phi) is 8.33. The molecule has 10 heteroatoms. The zero-order chi connectivity index (χ0) is 23.8. The summed E-state index contributed by atoms with van der Waals surface area (Å²) in [7, 11) is -4.12. The summed E-state index contributed by atoms with van der Waals surface area (Å²) < 4.78 is 22.6. The van der Waals surface area contributed by atoms with Crippen LogP contribution in [-0.2, 0) is 21.6 Å². The van der Waals surface area contributed by atoms with Gasteiger partial charge in [-0.3, -0.25) is 0 Å². The second kappa shape index (κ2) is 10.1. The number of benzene rings is 2. The van der Waals surface area contributed by atoms with E-state index in [1.807, 2.05) is 26.0 Å². The predicted molar refractivity (Wildman–Crippen MR) is 142 cm³/mol. The van der Waals surface area contributed by atoms with Gasteiger partial charge in [-0.25, -0.2) is 8.42 Å². The van der Waals surface area contributed by atoms with Crippen molar-refractivity contribution in [3.63, 3.8) is 0 Å². The van der Waals surface area contributed by atoms with Gasteiger partial charge < -0.3 is 0 Å². The normalized spacial score (nSPS) is 19.9. The highest BCUT2D eigenvalue weighted by Crippen LogP contribution is 2.53. The van der Waals surface area contributed by atoms with E-state index < -0.39 is 27.8 Å². The lowest BCUT2D eigenvalue weighted by Gasteiger charge is -2.33. The standard InChI is InChI=1S/C22H16Cl6O2S2/c1-13-14(2)18(20(32(30)22(26,27)28)16-11-7-4-8-12-16)17(13)19(31(29)21(23,24)25)15-9-5-3-6-10-15/h3-12H,1-2H3/b19-17+,20-18+. The maximum absolute atomic E-state index is 13.4. The Labute approximate surface area is 222 Å². The summed E-state index contributed by atoms with van der Waals surface area (Å²) in [5.74, 6) is 0. The molecule has 2 aromatic rings. The van der Waals surface area contributed by atoms with E-state index in [-0.39, 0.29) is 0 Å². The van der Waals surface area contributed by atoms with Gasteiger partial charge in [-0.1, -0.05) is 130 Å². The fourth-order valence-corrected chi connectivity index (χ4v) is 6.79. The third kappa shape index (κ3) is 5.34. The molecule has 32 heavy (non-hydrogen) atoms. The van der Waals surface area contributed by atoms with E-state index >= 15 is 0 Å². The van der Waals surface area contributed by atoms with Crippen LogP contribution in [0.15, 0.2) is 83.0 Å². The summed E-state index contributed by atoms with van der Waals surface area (Å²) in [5.41, 5.74) is 3.94. The van der Waals surface area contributed by atoms with E-state index in [1.165, 1.54) is 0 Å². The lowest BCUT2D eigenvalue weighted by atomic mass is 9.77. The molecular weight excluding hydrogens is 573 g/mol. The van der Waals surface area contributed by atoms with Crippen molar-refractivity contribution in [2.75, 3.05) is 0 Å². The quantitative estimate of drug-likeness (QED) is 0.337. The van der Waals surface area contributed by atoms with Gasteiger partial charge >= 0.3 is 0 Å². The fourth-order valence-electron chi connectivity index (χ4n) is 3.35. The zero-order valence-electron chi connectivity index (χ0n) is 16.7. The van der Waals surface area contributed by atoms with Crippen molar-refractivity contribution in [1.29, 1.82) is 0 Å². The third-order valence-corrected chi connectivity index (χ3v) is 9.86. The lowest BCUT2D eigenvalue weighted by Crippen LogP contribution is -2.23. The number of halogens is 6. The van der Waals surface area contributed by atoms with Crippen molar-refractivity contribution in [2.24, 2.45) is 0 Å². The first kappa shape index (κ1) is 26.3. The van der Waals surface area contributed by atoms with Gasteiger partial charge in [-0.15, -0.1) is 0 Å². The molecule has 1 aliphatic carbocycles. The van der Waals surface area contributed by atoms with Crippen molar-refractivity contribution in [2.45, 2.75) is 20.1 Å². The highest BCUT2D eigenvalue weighted by molar-refractivity contribution is 8.00. The monoisotopic (exact) mass is 586 g/mol. The minimum atomic E-state index is -2.09. The number of hydrogen-bond donors (Lipinski definition) is 0. The number of rotatable bonds is 4. The summed E-state index contributed by atoms with van der Waals surface area (Å²) in [6.45, 7) is 3.71. The first-order chi connectivity index (χ1) is 14.9. The van der Waals surface area contributed by atoms with E-state index in [0.29, 0.717) is 32.1 Å². The van der Waals surface area contributed by atoms with Gasteiger partial charge in [0, 0.05) is 11.1 Å². The van der Waals surface area contributed by atoms with Gasteiger partial charge in [0.25, 0.3) is 6.25 Å². The number of hydrogen-bond acceptors (Lipinski definition) is 2. The molecule has 2 atom stereocenters. The SMILES string of the molecule is CC1=C(C)C(=C(/c2ccccc2)S(=O)C(Cl)(Cl)Cl)/C1=C(\c1ccccc1)S(=O)C(Cl)(Cl)Cl. The van der Waals surface area contributed by atoms with E-state index in [9.17, 15) is 8.42 Å². The zero-order valence-corrected chi connectivity index (χ0v) is 22.8. The van der Waals surface area contributed by atoms with E-state index in [1.54, 1.807) is 48.5 Å². The molecule has 0 fully saturated rings. The second-order valence-corrected chi connectivity index (χ2v) is 15.8. The molecule has 0 heterocycles. The van der Waals surface area contributed by atoms with Crippen LogP contribution in [0.4, 0.5) is 0 Å². The van der Waals surface area contributed by atoms with Crippen LogP contribution < -0.4 is 0 Å². The first-order valence-corrected chi connectivity index (χ1v) is 13.7. The molecule has 170 valence electrons. The van der Waals surface area contributed by atoms with Crippen molar-refractivity contribution < 1.29 is 8.42 Å². The summed E-state index contributed by atoms with van der Waals surface area (Å²) in [4.78, 5) is 0.608. The summed E-state index contributed by atoms with van der Waals surface area (Å²) in [6, 6.07) is 17.9. The summed E-state index contributed by atoms with van der Waals surface area (Å²) in [6.07, 6.45) is 0. The molecule has 0 radical (unpaired) electrons. The van der Waals surface area contributed by atoms with Gasteiger partial charge in [-0.2, -0.15) is 0 Å². The van der Waals surface area contributed by atoms with Crippen LogP contribution in [0.2, 0.25) is 0 Å². The molecule has 0 spiro atoms. The van der Waals surface area contributed by atoms with Crippen molar-refractivity contribution in [3.05, 3.63) is 94.1 Å². The highest BCUT2D eigenvalue weighted by Gasteiger charge is 2.42. The van der Waals surface area contributed by atoms with Gasteiger partial charge in [0.05, 0.1) is 9.81 Å². The third-order valence-electron chi connectivity index (χ3n) is 4.88. The van der Waals surface area contributed by atoms with Gasteiger partial charge in [0.2, 0.25) is 0 Å². The van der Waals surface area contributed by atoms with Crippen molar-refractivity contribution in [3.8, 4) is 0 Å². The maximum Gasteiger partial charge on any atom is 0.270 e. The molecule has 0 aromatic heterocycles. The highest BCUT2D eigenvalue weighted by atomic mass is 35.6. The fraction of sp³-hybridized carbons (Fsp3) is 0.182. The maximum atomic E-state index is 13.4. The number of alkyl halides is 6. The van der Waals surface area contributed by atoms with E-state index in [4.69, 9.17) is 69.6 Å². The Morgan fingerprint density at radius 1 is 0.594 bits per heavy atom. The topological polar surface area (TPSA) is 34.1 Å². The molecule has 0 amide bonds. The Morgan fingerprint density at radius 3 is 1.12 bits per heavy atom. The van der Waals surface area contributed by atoms with Crippen LogP contribution in [0.3, 0.4) is 0 Å². The van der Waals surface area contributed by atoms with E-state index in [2.05, 4.69) is 0 Å². The Bertz CT molecular complexity index is 1080. The van der Waals surface area contributed by atoms with Crippen LogP contribution >= 0.6 is 69.6 Å². The van der Waals surface area contributed by atoms with E-state index in [0.717, 1.165) is 11.1 Å². The molecule has 0 saturated heterocycles. The lowest BCUT2D eigenvalue weighted by molar-refractivity contribution is 0.688. The predicted octanol–water partition coefficient (Wildman–Crippen LogP) is 8.31. The largest absolute Gasteiger partial charge is 0.270 e. The Hall–Kier alpha value is -0.300. The summed E-state index contributed by atoms with van der Waals surface area (Å²) >= 11 is 36.3. The molecule has 0 saturated carbocycles. The molecule has 0 bridgehead atoms. The summed E-state index contributed by atoms with van der Waals surface area (Å²) in [5, 5.41) is 0. The van der Waals surface area contributed by atoms with Crippen LogP contribution in [0.5, 0.6) is 0 Å². The smallest absolute Gasteiger partial charge is 0.250 e. The van der Waals surface area contributed by atoms with Gasteiger partial charge in [0.15, 0.2) is 0 Å². The van der Waals surface area contributed by atoms with Crippen molar-refractivity contribution in [1.82, 2.24) is 0 Å². The molecular formula is C22H16Cl6O2S2. The molecule has 2 unspecified atom stereocenters. The van der Waals surface area contributed by atoms with Crippen LogP contribution in [0, 0.1) is 0 Å². The Morgan fingerprint density at radius 2 is 0.875 bits per heavy atom. The average Bonchev–Trinajstić information content (AvgIpc) is 2.75. The molecule has 2 aromatic carbocycles. The van der Waals surface area contributed by atoms with Gasteiger partial charge in [0.1, 0.15) is 21.6 Å². The Balaban J connectivity index is 2.47. The van der Waals surface area contributed by atoms with Crippen LogP contribution in [0.25, 0.3) is 9.81 Å². The van der Waals surface area contributed by atoms with Crippen molar-refractivity contribution >= 4 is 101 Å². The molecule has 3 rings (SSSR count). The molecule has 1 aliphatic rings. The number of allylic oxidation sites excluding steroid dienone is 4. The van der Waals surface area contributed by atoms with Crippen LogP contribution in [0.1, 0.15) is 25.0 Å². The van der Waals surface area contributed by atoms with Gasteiger partial charge in [-0.05, 0) is 36.1 Å². The average molecular weight is 589 g/mol. The minimum Gasteiger partial charge on any atom is -0.250 e. The molecule has 2 nitrogen and oxygen atoms in total. The minimum absolute atomic E-state index is 0.304. The van der Waals surface area contributed by atoms with Crippen LogP contribution in [-0.4, -0.2) is 14.7 Å². The second-order valence-electron chi connectivity index (χ2n) is 6.82. The molecule has 0 N–H and O–H groups in total. The molecule has 0 aliphatic heterocycles. The first-order valence-electron chi connectivity index (χ1n) is 9.11.